The van der Waals surface area contributed by atoms with Crippen molar-refractivity contribution in [1.82, 2.24) is 4.98 Å². The van der Waals surface area contributed by atoms with Gasteiger partial charge >= 0.3 is 0 Å². The van der Waals surface area contributed by atoms with Crippen LogP contribution >= 0.6 is 0 Å². The maximum absolute atomic E-state index is 13.7. The molecule has 4 rings (SSSR count). The lowest BCUT2D eigenvalue weighted by Gasteiger charge is -2.17. The van der Waals surface area contributed by atoms with E-state index in [1.165, 1.54) is 49.3 Å². The van der Waals surface area contributed by atoms with Crippen LogP contribution in [0.1, 0.15) is 50.5 Å². The third-order valence-electron chi connectivity index (χ3n) is 5.93. The van der Waals surface area contributed by atoms with Crippen molar-refractivity contribution in [1.29, 1.82) is 0 Å². The van der Waals surface area contributed by atoms with Crippen LogP contribution in [-0.4, -0.2) is 4.98 Å². The number of pyridine rings is 1. The van der Waals surface area contributed by atoms with Crippen LogP contribution in [0.2, 0.25) is 0 Å². The van der Waals surface area contributed by atoms with Gasteiger partial charge < -0.3 is 0 Å². The molecule has 2 saturated carbocycles. The predicted molar refractivity (Wildman–Crippen MR) is 92.8 cm³/mol. The molecule has 1 nitrogen and oxygen atoms in total. The zero-order valence-electron chi connectivity index (χ0n) is 13.8. The largest absolute Gasteiger partial charge is 0.256 e. The first-order chi connectivity index (χ1) is 11.1. The lowest BCUT2D eigenvalue weighted by Crippen LogP contribution is -2.02. The van der Waals surface area contributed by atoms with Gasteiger partial charge in [-0.2, -0.15) is 0 Å². The summed E-state index contributed by atoms with van der Waals surface area (Å²) in [5.74, 6) is 2.95. The summed E-state index contributed by atoms with van der Waals surface area (Å²) in [6.45, 7) is 6.22. The molecular formula is C21H24FN. The summed E-state index contributed by atoms with van der Waals surface area (Å²) in [6, 6.07) is 7.08. The van der Waals surface area contributed by atoms with E-state index in [1.54, 1.807) is 12.1 Å². The molecule has 0 radical (unpaired) electrons. The average molecular weight is 309 g/mol. The van der Waals surface area contributed by atoms with Crippen molar-refractivity contribution in [3.05, 3.63) is 54.0 Å². The van der Waals surface area contributed by atoms with E-state index in [2.05, 4.69) is 24.6 Å². The molecule has 0 N–H and O–H groups in total. The number of nitrogens with zero attached hydrogens (tertiary/aromatic N) is 1. The molecular weight excluding hydrogens is 285 g/mol. The van der Waals surface area contributed by atoms with E-state index in [0.717, 1.165) is 28.7 Å². The number of hydrogen-bond acceptors (Lipinski definition) is 1. The number of allylic oxidation sites excluding steroid dienone is 1. The molecule has 0 bridgehead atoms. The van der Waals surface area contributed by atoms with Gasteiger partial charge in [-0.05, 0) is 92.5 Å². The Bertz CT molecular complexity index is 737. The minimum absolute atomic E-state index is 0.161. The van der Waals surface area contributed by atoms with E-state index >= 15 is 0 Å². The Kier molecular flexibility index (Phi) is 3.71. The van der Waals surface area contributed by atoms with Crippen LogP contribution in [0, 0.1) is 23.6 Å². The molecule has 120 valence electrons. The van der Waals surface area contributed by atoms with Gasteiger partial charge in [0.15, 0.2) is 0 Å². The van der Waals surface area contributed by atoms with Gasteiger partial charge in [-0.15, -0.1) is 6.58 Å². The van der Waals surface area contributed by atoms with Crippen molar-refractivity contribution >= 4 is 10.9 Å². The monoisotopic (exact) mass is 309 g/mol. The fourth-order valence-corrected chi connectivity index (χ4v) is 5.15. The lowest BCUT2D eigenvalue weighted by atomic mass is 9.89. The summed E-state index contributed by atoms with van der Waals surface area (Å²) in [4.78, 5) is 4.39. The molecule has 2 heteroatoms. The normalized spacial score (nSPS) is 29.8. The van der Waals surface area contributed by atoms with E-state index < -0.39 is 0 Å². The summed E-state index contributed by atoms with van der Waals surface area (Å²) in [5.41, 5.74) is 3.54. The minimum atomic E-state index is -0.161. The fourth-order valence-electron chi connectivity index (χ4n) is 5.15. The smallest absolute Gasteiger partial charge is 0.123 e. The van der Waals surface area contributed by atoms with Crippen molar-refractivity contribution in [2.24, 2.45) is 17.8 Å². The summed E-state index contributed by atoms with van der Waals surface area (Å²) in [7, 11) is 0. The highest BCUT2D eigenvalue weighted by atomic mass is 19.1. The van der Waals surface area contributed by atoms with Crippen LogP contribution in [0.15, 0.2) is 42.6 Å². The summed E-state index contributed by atoms with van der Waals surface area (Å²) >= 11 is 0. The first-order valence-corrected chi connectivity index (χ1v) is 8.78. The van der Waals surface area contributed by atoms with Crippen molar-refractivity contribution in [2.45, 2.75) is 44.9 Å². The van der Waals surface area contributed by atoms with Gasteiger partial charge in [0.1, 0.15) is 5.82 Å². The van der Waals surface area contributed by atoms with Gasteiger partial charge in [0.2, 0.25) is 0 Å². The second-order valence-electron chi connectivity index (χ2n) is 7.75. The second-order valence-corrected chi connectivity index (χ2v) is 7.75. The Hall–Kier alpha value is -1.70. The molecule has 0 spiro atoms. The van der Waals surface area contributed by atoms with Gasteiger partial charge in [-0.25, -0.2) is 4.39 Å². The van der Waals surface area contributed by atoms with Gasteiger partial charge in [-0.3, -0.25) is 4.98 Å². The van der Waals surface area contributed by atoms with E-state index in [9.17, 15) is 4.39 Å². The number of fused-ring (bicyclic) bond motifs is 2. The molecule has 0 aliphatic heterocycles. The Labute approximate surface area is 137 Å². The average Bonchev–Trinajstić information content (AvgIpc) is 3.04. The SMILES string of the molecule is C=C(C)CC1CC2CC(c3ccnc4ccc(F)cc34)CC2C1. The lowest BCUT2D eigenvalue weighted by molar-refractivity contribution is 0.457. The molecule has 1 aromatic carbocycles. The molecule has 2 unspecified atom stereocenters. The molecule has 2 fully saturated rings. The molecule has 0 saturated heterocycles. The molecule has 2 aromatic rings. The van der Waals surface area contributed by atoms with Crippen LogP contribution in [0.4, 0.5) is 4.39 Å². The van der Waals surface area contributed by atoms with Gasteiger partial charge in [0.05, 0.1) is 5.52 Å². The fraction of sp³-hybridized carbons (Fsp3) is 0.476. The zero-order valence-corrected chi connectivity index (χ0v) is 13.8. The number of benzene rings is 1. The van der Waals surface area contributed by atoms with Crippen molar-refractivity contribution in [2.75, 3.05) is 0 Å². The Morgan fingerprint density at radius 3 is 2.61 bits per heavy atom. The van der Waals surface area contributed by atoms with Crippen molar-refractivity contribution in [3.63, 3.8) is 0 Å². The molecule has 23 heavy (non-hydrogen) atoms. The predicted octanol–water partition coefficient (Wildman–Crippen LogP) is 5.86. The highest BCUT2D eigenvalue weighted by Gasteiger charge is 2.42. The Balaban J connectivity index is 1.56. The van der Waals surface area contributed by atoms with Crippen LogP contribution in [0.25, 0.3) is 10.9 Å². The third kappa shape index (κ3) is 2.80. The molecule has 1 heterocycles. The topological polar surface area (TPSA) is 12.9 Å². The number of hydrogen-bond donors (Lipinski definition) is 0. The first kappa shape index (κ1) is 14.9. The van der Waals surface area contributed by atoms with Crippen LogP contribution < -0.4 is 0 Å². The van der Waals surface area contributed by atoms with E-state index in [4.69, 9.17) is 0 Å². The summed E-state index contributed by atoms with van der Waals surface area (Å²) in [5, 5.41) is 1.01. The highest BCUT2D eigenvalue weighted by molar-refractivity contribution is 5.82. The zero-order chi connectivity index (χ0) is 16.0. The van der Waals surface area contributed by atoms with Crippen LogP contribution in [0.3, 0.4) is 0 Å². The summed E-state index contributed by atoms with van der Waals surface area (Å²) in [6.07, 6.45) is 8.30. The Morgan fingerprint density at radius 2 is 1.91 bits per heavy atom. The van der Waals surface area contributed by atoms with Crippen LogP contribution in [0.5, 0.6) is 0 Å². The summed E-state index contributed by atoms with van der Waals surface area (Å²) < 4.78 is 13.7. The molecule has 2 aliphatic carbocycles. The van der Waals surface area contributed by atoms with Crippen molar-refractivity contribution in [3.8, 4) is 0 Å². The van der Waals surface area contributed by atoms with Gasteiger partial charge in [0.25, 0.3) is 0 Å². The minimum Gasteiger partial charge on any atom is -0.256 e. The van der Waals surface area contributed by atoms with Gasteiger partial charge in [0, 0.05) is 11.6 Å². The highest BCUT2D eigenvalue weighted by Crippen LogP contribution is 2.54. The van der Waals surface area contributed by atoms with E-state index in [0.29, 0.717) is 5.92 Å². The van der Waals surface area contributed by atoms with Crippen molar-refractivity contribution < 1.29 is 4.39 Å². The number of halogens is 1. The standard InChI is InChI=1S/C21H24FN/c1-13(2)7-14-8-15-10-17(11-16(15)9-14)19-5-6-23-21-4-3-18(22)12-20(19)21/h3-6,12,14-17H,1,7-11H2,2H3. The number of rotatable bonds is 3. The van der Waals surface area contributed by atoms with Gasteiger partial charge in [-0.1, -0.05) is 5.57 Å². The second kappa shape index (κ2) is 5.74. The maximum Gasteiger partial charge on any atom is 0.123 e. The molecule has 0 amide bonds. The molecule has 1 aromatic heterocycles. The maximum atomic E-state index is 13.7. The quantitative estimate of drug-likeness (QED) is 0.647. The van der Waals surface area contributed by atoms with E-state index in [1.807, 2.05) is 6.20 Å². The molecule has 2 atom stereocenters. The number of aromatic nitrogens is 1. The third-order valence-corrected chi connectivity index (χ3v) is 5.93. The molecule has 2 aliphatic rings. The van der Waals surface area contributed by atoms with E-state index in [-0.39, 0.29) is 5.82 Å². The first-order valence-electron chi connectivity index (χ1n) is 8.78. The van der Waals surface area contributed by atoms with Crippen LogP contribution in [-0.2, 0) is 0 Å². The Morgan fingerprint density at radius 1 is 1.17 bits per heavy atom.